The molecule has 0 N–H and O–H groups in total. The van der Waals surface area contributed by atoms with Crippen LogP contribution in [0.2, 0.25) is 0 Å². The minimum Gasteiger partial charge on any atom is -0.280 e. The number of non-ortho nitro benzene ring substituents is 1. The number of nitro groups is 1. The molecule has 1 amide bonds. The van der Waals surface area contributed by atoms with Crippen LogP contribution in [0, 0.1) is 21.7 Å². The number of amides is 1. The molecule has 0 spiro atoms. The maximum Gasteiger partial charge on any atom is 0.269 e. The molecule has 0 fully saturated rings. The molecule has 0 saturated heterocycles. The normalized spacial score (nSPS) is 10.5. The molecule has 0 aliphatic heterocycles. The zero-order valence-electron chi connectivity index (χ0n) is 14.3. The number of hydrogen-bond donors (Lipinski definition) is 0. The van der Waals surface area contributed by atoms with Crippen molar-refractivity contribution in [1.29, 1.82) is 0 Å². The van der Waals surface area contributed by atoms with Crippen LogP contribution in [0.3, 0.4) is 0 Å². The van der Waals surface area contributed by atoms with Gasteiger partial charge in [0.25, 0.3) is 11.6 Å². The van der Waals surface area contributed by atoms with Crippen LogP contribution in [0.15, 0.2) is 60.5 Å². The van der Waals surface area contributed by atoms with Gasteiger partial charge in [-0.2, -0.15) is 0 Å². The predicted octanol–water partition coefficient (Wildman–Crippen LogP) is 4.83. The zero-order valence-corrected chi connectivity index (χ0v) is 15.2. The predicted molar refractivity (Wildman–Crippen MR) is 102 cm³/mol. The van der Waals surface area contributed by atoms with E-state index in [0.29, 0.717) is 22.5 Å². The fourth-order valence-electron chi connectivity index (χ4n) is 2.46. The number of nitrogens with zero attached hydrogens (tertiary/aromatic N) is 3. The Balaban J connectivity index is 1.92. The zero-order chi connectivity index (χ0) is 20.3. The van der Waals surface area contributed by atoms with E-state index in [4.69, 9.17) is 0 Å². The van der Waals surface area contributed by atoms with E-state index in [1.807, 2.05) is 0 Å². The van der Waals surface area contributed by atoms with Gasteiger partial charge in [0.2, 0.25) is 0 Å². The highest BCUT2D eigenvalue weighted by atomic mass is 32.1. The molecular weight excluding hydrogens is 388 g/mol. The number of anilines is 1. The van der Waals surface area contributed by atoms with Crippen molar-refractivity contribution >= 4 is 28.1 Å². The molecule has 6 nitrogen and oxygen atoms in total. The third-order valence-electron chi connectivity index (χ3n) is 3.82. The highest BCUT2D eigenvalue weighted by Crippen LogP contribution is 2.29. The summed E-state index contributed by atoms with van der Waals surface area (Å²) in [7, 11) is 0. The van der Waals surface area contributed by atoms with Crippen molar-refractivity contribution in [2.45, 2.75) is 0 Å². The van der Waals surface area contributed by atoms with Gasteiger partial charge in [0.1, 0.15) is 11.6 Å². The first-order valence-electron chi connectivity index (χ1n) is 7.99. The van der Waals surface area contributed by atoms with Crippen molar-refractivity contribution in [3.63, 3.8) is 0 Å². The number of halogens is 2. The largest absolute Gasteiger partial charge is 0.280 e. The summed E-state index contributed by atoms with van der Waals surface area (Å²) in [5, 5.41) is 12.7. The van der Waals surface area contributed by atoms with Crippen LogP contribution >= 0.6 is 11.3 Å². The second kappa shape index (κ2) is 8.05. The van der Waals surface area contributed by atoms with Crippen molar-refractivity contribution in [2.75, 3.05) is 11.4 Å². The van der Waals surface area contributed by atoms with E-state index >= 15 is 0 Å². The van der Waals surface area contributed by atoms with Gasteiger partial charge < -0.3 is 0 Å². The lowest BCUT2D eigenvalue weighted by Gasteiger charge is -2.18. The third-order valence-corrected chi connectivity index (χ3v) is 4.68. The van der Waals surface area contributed by atoms with Gasteiger partial charge in [0.15, 0.2) is 5.13 Å². The number of benzene rings is 2. The Morgan fingerprint density at radius 3 is 2.57 bits per heavy atom. The third kappa shape index (κ3) is 3.94. The Kier molecular flexibility index (Phi) is 5.55. The van der Waals surface area contributed by atoms with Gasteiger partial charge in [0, 0.05) is 35.7 Å². The summed E-state index contributed by atoms with van der Waals surface area (Å²) >= 11 is 1.15. The molecular formula is C19H13F2N3O3S. The first kappa shape index (κ1) is 19.3. The van der Waals surface area contributed by atoms with Crippen LogP contribution in [0.1, 0.15) is 10.4 Å². The smallest absolute Gasteiger partial charge is 0.269 e. The minimum atomic E-state index is -0.966. The lowest BCUT2D eigenvalue weighted by atomic mass is 10.1. The maximum absolute atomic E-state index is 14.0. The van der Waals surface area contributed by atoms with Crippen LogP contribution in [0.25, 0.3) is 11.3 Å². The summed E-state index contributed by atoms with van der Waals surface area (Å²) in [5.41, 5.74) is 0.813. The summed E-state index contributed by atoms with van der Waals surface area (Å²) in [4.78, 5) is 28.6. The molecule has 3 aromatic rings. The molecule has 0 unspecified atom stereocenters. The Hall–Kier alpha value is -3.46. The van der Waals surface area contributed by atoms with Gasteiger partial charge in [-0.15, -0.1) is 17.9 Å². The van der Waals surface area contributed by atoms with Crippen LogP contribution in [0.5, 0.6) is 0 Å². The highest BCUT2D eigenvalue weighted by Gasteiger charge is 2.23. The summed E-state index contributed by atoms with van der Waals surface area (Å²) in [5.74, 6) is -2.42. The van der Waals surface area contributed by atoms with E-state index in [9.17, 15) is 23.7 Å². The van der Waals surface area contributed by atoms with Crippen molar-refractivity contribution in [1.82, 2.24) is 4.98 Å². The number of rotatable bonds is 6. The van der Waals surface area contributed by atoms with Crippen molar-refractivity contribution in [2.24, 2.45) is 0 Å². The monoisotopic (exact) mass is 401 g/mol. The molecule has 28 heavy (non-hydrogen) atoms. The van der Waals surface area contributed by atoms with Gasteiger partial charge in [-0.25, -0.2) is 13.8 Å². The Morgan fingerprint density at radius 2 is 1.96 bits per heavy atom. The van der Waals surface area contributed by atoms with Gasteiger partial charge >= 0.3 is 0 Å². The van der Waals surface area contributed by atoms with E-state index in [1.54, 1.807) is 17.5 Å². The number of aromatic nitrogens is 1. The fraction of sp³-hybridized carbons (Fsp3) is 0.0526. The molecule has 1 heterocycles. The summed E-state index contributed by atoms with van der Waals surface area (Å²) in [6.07, 6.45) is 1.46. The van der Waals surface area contributed by atoms with Gasteiger partial charge in [0.05, 0.1) is 16.2 Å². The topological polar surface area (TPSA) is 76.3 Å². The second-order valence-electron chi connectivity index (χ2n) is 5.65. The Bertz CT molecular complexity index is 1050. The Labute approximate surface area is 162 Å². The molecule has 142 valence electrons. The average molecular weight is 401 g/mol. The summed E-state index contributed by atoms with van der Waals surface area (Å²) in [6.45, 7) is 3.67. The summed E-state index contributed by atoms with van der Waals surface area (Å²) in [6, 6.07) is 8.54. The molecule has 0 radical (unpaired) electrons. The number of hydrogen-bond acceptors (Lipinski definition) is 5. The van der Waals surface area contributed by atoms with Crippen molar-refractivity contribution in [3.8, 4) is 11.3 Å². The van der Waals surface area contributed by atoms with E-state index in [-0.39, 0.29) is 17.8 Å². The standard InChI is InChI=1S/C19H13F2N3O3S/c1-2-9-23(18(25)15-8-5-13(20)10-16(15)21)19-22-17(11-28-19)12-3-6-14(7-4-12)24(26)27/h2-8,10-11H,1,9H2. The van der Waals surface area contributed by atoms with E-state index in [0.717, 1.165) is 23.5 Å². The lowest BCUT2D eigenvalue weighted by Crippen LogP contribution is -2.31. The minimum absolute atomic E-state index is 0.0468. The second-order valence-corrected chi connectivity index (χ2v) is 6.48. The first-order chi connectivity index (χ1) is 13.4. The van der Waals surface area contributed by atoms with E-state index < -0.39 is 22.5 Å². The molecule has 0 aliphatic rings. The quantitative estimate of drug-likeness (QED) is 0.337. The van der Waals surface area contributed by atoms with Gasteiger partial charge in [-0.1, -0.05) is 6.08 Å². The maximum atomic E-state index is 14.0. The molecule has 1 aromatic heterocycles. The Morgan fingerprint density at radius 1 is 1.25 bits per heavy atom. The van der Waals surface area contributed by atoms with Crippen LogP contribution in [-0.2, 0) is 0 Å². The fourth-order valence-corrected chi connectivity index (χ4v) is 3.30. The molecule has 9 heteroatoms. The van der Waals surface area contributed by atoms with Gasteiger partial charge in [-0.3, -0.25) is 19.8 Å². The molecule has 3 rings (SSSR count). The summed E-state index contributed by atoms with van der Waals surface area (Å²) < 4.78 is 27.1. The molecule has 0 saturated carbocycles. The number of carbonyl (C=O) groups excluding carboxylic acids is 1. The molecule has 0 atom stereocenters. The van der Waals surface area contributed by atoms with Crippen molar-refractivity contribution < 1.29 is 18.5 Å². The van der Waals surface area contributed by atoms with Crippen LogP contribution in [0.4, 0.5) is 19.6 Å². The first-order valence-corrected chi connectivity index (χ1v) is 8.87. The molecule has 0 aliphatic carbocycles. The molecule has 2 aromatic carbocycles. The number of carbonyl (C=O) groups is 1. The highest BCUT2D eigenvalue weighted by molar-refractivity contribution is 7.14. The van der Waals surface area contributed by atoms with Crippen LogP contribution < -0.4 is 4.90 Å². The number of thiazole rings is 1. The SMILES string of the molecule is C=CCN(C(=O)c1ccc(F)cc1F)c1nc(-c2ccc([N+](=O)[O-])cc2)cs1. The van der Waals surface area contributed by atoms with E-state index in [2.05, 4.69) is 11.6 Å². The lowest BCUT2D eigenvalue weighted by molar-refractivity contribution is -0.384. The van der Waals surface area contributed by atoms with Crippen molar-refractivity contribution in [3.05, 3.63) is 87.8 Å². The molecule has 0 bridgehead atoms. The van der Waals surface area contributed by atoms with Gasteiger partial charge in [-0.05, 0) is 24.3 Å². The van der Waals surface area contributed by atoms with E-state index in [1.165, 1.54) is 23.1 Å². The number of nitro benzene ring substituents is 1. The van der Waals surface area contributed by atoms with Crippen LogP contribution in [-0.4, -0.2) is 22.4 Å². The average Bonchev–Trinajstić information content (AvgIpc) is 3.15.